The van der Waals surface area contributed by atoms with Crippen LogP contribution in [-0.2, 0) is 6.42 Å². The van der Waals surface area contributed by atoms with E-state index in [2.05, 4.69) is 52.1 Å². The van der Waals surface area contributed by atoms with Gasteiger partial charge in [0.1, 0.15) is 11.9 Å². The molecule has 0 fully saturated rings. The third-order valence-electron chi connectivity index (χ3n) is 2.60. The third-order valence-corrected chi connectivity index (χ3v) is 2.60. The number of aryl methyl sites for hydroxylation is 1. The Morgan fingerprint density at radius 3 is 2.47 bits per heavy atom. The molecule has 2 heteroatoms. The summed E-state index contributed by atoms with van der Waals surface area (Å²) in [6.07, 6.45) is 1.19. The largest absolute Gasteiger partial charge is 0.489 e. The van der Waals surface area contributed by atoms with Crippen LogP contribution in [-0.4, -0.2) is 18.2 Å². The van der Waals surface area contributed by atoms with Crippen molar-refractivity contribution in [2.75, 3.05) is 6.54 Å². The fourth-order valence-electron chi connectivity index (χ4n) is 1.62. The average Bonchev–Trinajstić information content (AvgIpc) is 2.26. The molecule has 17 heavy (non-hydrogen) atoms. The second kappa shape index (κ2) is 6.06. The van der Waals surface area contributed by atoms with E-state index in [1.165, 1.54) is 5.56 Å². The van der Waals surface area contributed by atoms with E-state index in [0.717, 1.165) is 18.7 Å². The van der Waals surface area contributed by atoms with Crippen molar-refractivity contribution in [3.63, 3.8) is 0 Å². The number of ether oxygens (including phenoxy) is 1. The molecule has 1 aromatic rings. The molecule has 0 aromatic heterocycles. The summed E-state index contributed by atoms with van der Waals surface area (Å²) in [4.78, 5) is 0. The lowest BCUT2D eigenvalue weighted by Crippen LogP contribution is -2.41. The molecule has 0 aliphatic heterocycles. The van der Waals surface area contributed by atoms with Crippen molar-refractivity contribution in [2.24, 2.45) is 0 Å². The van der Waals surface area contributed by atoms with Crippen LogP contribution in [0.5, 0.6) is 5.75 Å². The van der Waals surface area contributed by atoms with Crippen LogP contribution in [0.2, 0.25) is 0 Å². The van der Waals surface area contributed by atoms with E-state index >= 15 is 0 Å². The summed E-state index contributed by atoms with van der Waals surface area (Å²) in [7, 11) is 0. The van der Waals surface area contributed by atoms with Crippen LogP contribution in [0, 0.1) is 0 Å². The van der Waals surface area contributed by atoms with Crippen LogP contribution in [0.25, 0.3) is 0 Å². The molecule has 1 N–H and O–H groups in total. The highest BCUT2D eigenvalue weighted by Crippen LogP contribution is 2.19. The predicted molar refractivity (Wildman–Crippen MR) is 73.7 cm³/mol. The summed E-state index contributed by atoms with van der Waals surface area (Å²) < 4.78 is 5.97. The highest BCUT2D eigenvalue weighted by Gasteiger charge is 2.12. The number of para-hydroxylation sites is 1. The van der Waals surface area contributed by atoms with Crippen molar-refractivity contribution in [1.29, 1.82) is 0 Å². The molecule has 0 saturated carbocycles. The molecule has 1 rings (SSSR count). The number of hydrogen-bond acceptors (Lipinski definition) is 2. The molecule has 96 valence electrons. The van der Waals surface area contributed by atoms with E-state index in [1.807, 2.05) is 12.1 Å². The minimum atomic E-state index is 0.141. The Hall–Kier alpha value is -1.02. The second-order valence-corrected chi connectivity index (χ2v) is 5.52. The molecule has 1 atom stereocenters. The Morgan fingerprint density at radius 1 is 1.24 bits per heavy atom. The highest BCUT2D eigenvalue weighted by atomic mass is 16.5. The number of nitrogens with one attached hydrogen (secondary N) is 1. The molecule has 0 bridgehead atoms. The first-order chi connectivity index (χ1) is 7.92. The van der Waals surface area contributed by atoms with Crippen LogP contribution in [0.3, 0.4) is 0 Å². The summed E-state index contributed by atoms with van der Waals surface area (Å²) in [6.45, 7) is 11.6. The van der Waals surface area contributed by atoms with Crippen LogP contribution < -0.4 is 10.1 Å². The van der Waals surface area contributed by atoms with E-state index in [4.69, 9.17) is 4.74 Å². The molecule has 0 heterocycles. The Morgan fingerprint density at radius 2 is 1.88 bits per heavy atom. The quantitative estimate of drug-likeness (QED) is 0.844. The maximum Gasteiger partial charge on any atom is 0.122 e. The lowest BCUT2D eigenvalue weighted by Gasteiger charge is -2.24. The van der Waals surface area contributed by atoms with E-state index in [1.54, 1.807) is 0 Å². The summed E-state index contributed by atoms with van der Waals surface area (Å²) in [5.41, 5.74) is 1.41. The van der Waals surface area contributed by atoms with Gasteiger partial charge in [-0.3, -0.25) is 0 Å². The molecule has 2 nitrogen and oxygen atoms in total. The van der Waals surface area contributed by atoms with E-state index in [0.29, 0.717) is 0 Å². The van der Waals surface area contributed by atoms with Gasteiger partial charge >= 0.3 is 0 Å². The fourth-order valence-corrected chi connectivity index (χ4v) is 1.62. The third kappa shape index (κ3) is 5.22. The average molecular weight is 235 g/mol. The first kappa shape index (κ1) is 14.0. The molecule has 0 amide bonds. The molecule has 1 unspecified atom stereocenters. The summed E-state index contributed by atoms with van der Waals surface area (Å²) in [5.74, 6) is 1.01. The molecule has 0 aliphatic carbocycles. The summed E-state index contributed by atoms with van der Waals surface area (Å²) in [6, 6.07) is 8.26. The predicted octanol–water partition coefficient (Wildman–Crippen LogP) is 3.40. The van der Waals surface area contributed by atoms with E-state index in [9.17, 15) is 0 Å². The first-order valence-electron chi connectivity index (χ1n) is 6.42. The Labute approximate surface area is 105 Å². The normalized spacial score (nSPS) is 13.5. The van der Waals surface area contributed by atoms with Crippen LogP contribution >= 0.6 is 0 Å². The monoisotopic (exact) mass is 235 g/mol. The van der Waals surface area contributed by atoms with Crippen LogP contribution in [0.4, 0.5) is 0 Å². The van der Waals surface area contributed by atoms with Crippen molar-refractivity contribution in [1.82, 2.24) is 5.32 Å². The summed E-state index contributed by atoms with van der Waals surface area (Å²) >= 11 is 0. The van der Waals surface area contributed by atoms with Gasteiger partial charge in [-0.15, -0.1) is 0 Å². The van der Waals surface area contributed by atoms with E-state index < -0.39 is 0 Å². The van der Waals surface area contributed by atoms with Crippen molar-refractivity contribution >= 4 is 0 Å². The zero-order chi connectivity index (χ0) is 12.9. The maximum absolute atomic E-state index is 5.97. The van der Waals surface area contributed by atoms with Gasteiger partial charge in [0.05, 0.1) is 0 Å². The van der Waals surface area contributed by atoms with Gasteiger partial charge in [-0.2, -0.15) is 0 Å². The Bertz CT molecular complexity index is 341. The second-order valence-electron chi connectivity index (χ2n) is 5.52. The SMILES string of the molecule is CCc1ccccc1OC(C)CNC(C)(C)C. The van der Waals surface area contributed by atoms with Gasteiger partial charge in [0, 0.05) is 12.1 Å². The van der Waals surface area contributed by atoms with Crippen molar-refractivity contribution in [2.45, 2.75) is 52.7 Å². The number of benzene rings is 1. The van der Waals surface area contributed by atoms with Gasteiger partial charge in [-0.25, -0.2) is 0 Å². The lowest BCUT2D eigenvalue weighted by molar-refractivity contribution is 0.201. The van der Waals surface area contributed by atoms with Crippen LogP contribution in [0.1, 0.15) is 40.2 Å². The van der Waals surface area contributed by atoms with Crippen molar-refractivity contribution in [3.05, 3.63) is 29.8 Å². The van der Waals surface area contributed by atoms with Gasteiger partial charge in [-0.1, -0.05) is 25.1 Å². The van der Waals surface area contributed by atoms with Gasteiger partial charge in [0.2, 0.25) is 0 Å². The van der Waals surface area contributed by atoms with Gasteiger partial charge in [0.15, 0.2) is 0 Å². The lowest BCUT2D eigenvalue weighted by atomic mass is 10.1. The molecule has 0 spiro atoms. The molecule has 0 saturated heterocycles. The van der Waals surface area contributed by atoms with Gasteiger partial charge in [0.25, 0.3) is 0 Å². The zero-order valence-corrected chi connectivity index (χ0v) is 11.7. The van der Waals surface area contributed by atoms with Crippen LogP contribution in [0.15, 0.2) is 24.3 Å². The summed E-state index contributed by atoms with van der Waals surface area (Å²) in [5, 5.41) is 3.45. The van der Waals surface area contributed by atoms with Gasteiger partial charge < -0.3 is 10.1 Å². The molecule has 1 aromatic carbocycles. The van der Waals surface area contributed by atoms with Gasteiger partial charge in [-0.05, 0) is 45.7 Å². The fraction of sp³-hybridized carbons (Fsp3) is 0.600. The number of hydrogen-bond donors (Lipinski definition) is 1. The molecular weight excluding hydrogens is 210 g/mol. The highest BCUT2D eigenvalue weighted by molar-refractivity contribution is 5.33. The standard InChI is InChI=1S/C15H25NO/c1-6-13-9-7-8-10-14(13)17-12(2)11-16-15(3,4)5/h7-10,12,16H,6,11H2,1-5H3. The molecule has 0 aliphatic rings. The minimum absolute atomic E-state index is 0.141. The zero-order valence-electron chi connectivity index (χ0n) is 11.7. The first-order valence-corrected chi connectivity index (χ1v) is 6.42. The van der Waals surface area contributed by atoms with Crippen molar-refractivity contribution < 1.29 is 4.74 Å². The van der Waals surface area contributed by atoms with Crippen molar-refractivity contribution in [3.8, 4) is 5.75 Å². The topological polar surface area (TPSA) is 21.3 Å². The minimum Gasteiger partial charge on any atom is -0.489 e. The molecule has 0 radical (unpaired) electrons. The maximum atomic E-state index is 5.97. The smallest absolute Gasteiger partial charge is 0.122 e. The Balaban J connectivity index is 2.53. The molecular formula is C15H25NO. The number of rotatable bonds is 5. The van der Waals surface area contributed by atoms with E-state index in [-0.39, 0.29) is 11.6 Å². The Kier molecular flexibility index (Phi) is 5.01.